The van der Waals surface area contributed by atoms with Crippen LogP contribution in [0.1, 0.15) is 24.3 Å². The van der Waals surface area contributed by atoms with Crippen LogP contribution in [0.15, 0.2) is 41.6 Å². The quantitative estimate of drug-likeness (QED) is 0.848. The minimum atomic E-state index is -3.83. The summed E-state index contributed by atoms with van der Waals surface area (Å²) < 4.78 is 37.1. The summed E-state index contributed by atoms with van der Waals surface area (Å²) in [6.07, 6.45) is 4.45. The fourth-order valence-electron chi connectivity index (χ4n) is 4.22. The van der Waals surface area contributed by atoms with E-state index in [2.05, 4.69) is 5.10 Å². The molecule has 0 bridgehead atoms. The highest BCUT2D eigenvalue weighted by atomic mass is 32.2. The van der Waals surface area contributed by atoms with Crippen LogP contribution in [-0.4, -0.2) is 42.1 Å². The summed E-state index contributed by atoms with van der Waals surface area (Å²) in [5.74, 6) is 0.994. The van der Waals surface area contributed by atoms with Gasteiger partial charge in [0.1, 0.15) is 17.3 Å². The van der Waals surface area contributed by atoms with Gasteiger partial charge in [-0.05, 0) is 48.3 Å². The summed E-state index contributed by atoms with van der Waals surface area (Å²) in [7, 11) is -3.83. The van der Waals surface area contributed by atoms with E-state index in [1.54, 1.807) is 0 Å². The molecule has 1 aromatic heterocycles. The number of carbonyl (C=O) groups excluding carboxylic acids is 1. The van der Waals surface area contributed by atoms with Gasteiger partial charge in [-0.15, -0.1) is 0 Å². The Morgan fingerprint density at radius 1 is 1.30 bits per heavy atom. The van der Waals surface area contributed by atoms with Gasteiger partial charge in [0, 0.05) is 19.3 Å². The van der Waals surface area contributed by atoms with E-state index in [1.807, 2.05) is 17.0 Å². The Kier molecular flexibility index (Phi) is 4.51. The van der Waals surface area contributed by atoms with Crippen LogP contribution in [0.4, 0.5) is 4.39 Å². The van der Waals surface area contributed by atoms with E-state index in [4.69, 9.17) is 5.14 Å². The van der Waals surface area contributed by atoms with Crippen LogP contribution in [0.3, 0.4) is 0 Å². The maximum Gasteiger partial charge on any atom is 0.244 e. The van der Waals surface area contributed by atoms with E-state index in [1.165, 1.54) is 23.0 Å². The number of nitrogens with two attached hydrogens (primary N) is 1. The van der Waals surface area contributed by atoms with Crippen molar-refractivity contribution in [3.05, 3.63) is 48.0 Å². The van der Waals surface area contributed by atoms with E-state index in [0.29, 0.717) is 30.8 Å². The lowest BCUT2D eigenvalue weighted by Crippen LogP contribution is -2.51. The number of primary sulfonamides is 1. The van der Waals surface area contributed by atoms with Crippen LogP contribution in [0.5, 0.6) is 0 Å². The lowest BCUT2D eigenvalue weighted by molar-refractivity contribution is -0.136. The van der Waals surface area contributed by atoms with Crippen molar-refractivity contribution in [3.8, 4) is 0 Å². The number of hydrogen-bond donors (Lipinski definition) is 1. The molecule has 1 aliphatic heterocycles. The first-order valence-corrected chi connectivity index (χ1v) is 10.4. The van der Waals surface area contributed by atoms with Gasteiger partial charge in [0.25, 0.3) is 0 Å². The number of piperidine rings is 1. The Balaban J connectivity index is 1.40. The van der Waals surface area contributed by atoms with Gasteiger partial charge in [0.2, 0.25) is 15.9 Å². The Labute approximate surface area is 157 Å². The highest BCUT2D eigenvalue weighted by Crippen LogP contribution is 2.51. The topological polar surface area (TPSA) is 98.3 Å². The number of hydrogen-bond acceptors (Lipinski definition) is 4. The lowest BCUT2D eigenvalue weighted by atomic mass is 9.59. The molecule has 0 radical (unpaired) electrons. The summed E-state index contributed by atoms with van der Waals surface area (Å²) >= 11 is 0. The number of nitrogens with zero attached hydrogens (tertiary/aromatic N) is 3. The van der Waals surface area contributed by atoms with Crippen molar-refractivity contribution in [1.82, 2.24) is 14.7 Å². The first-order chi connectivity index (χ1) is 12.8. The average molecular weight is 392 g/mol. The highest BCUT2D eigenvalue weighted by molar-refractivity contribution is 7.89. The minimum Gasteiger partial charge on any atom is -0.341 e. The lowest BCUT2D eigenvalue weighted by Gasteiger charge is -2.51. The van der Waals surface area contributed by atoms with Crippen LogP contribution in [0.2, 0.25) is 0 Å². The van der Waals surface area contributed by atoms with Gasteiger partial charge >= 0.3 is 0 Å². The second kappa shape index (κ2) is 6.72. The van der Waals surface area contributed by atoms with Crippen LogP contribution in [0.25, 0.3) is 0 Å². The minimum absolute atomic E-state index is 0.0197. The number of amides is 1. The predicted octanol–water partition coefficient (Wildman–Crippen LogP) is 1.32. The number of aromatic nitrogens is 2. The number of carbonyl (C=O) groups is 1. The second-order valence-corrected chi connectivity index (χ2v) is 8.93. The number of halogens is 1. The van der Waals surface area contributed by atoms with Gasteiger partial charge < -0.3 is 4.90 Å². The molecule has 2 N–H and O–H groups in total. The number of likely N-dealkylation sites (tertiary alicyclic amines) is 1. The zero-order valence-electron chi connectivity index (χ0n) is 14.7. The zero-order valence-corrected chi connectivity index (χ0v) is 15.5. The molecule has 1 amide bonds. The smallest absolute Gasteiger partial charge is 0.244 e. The van der Waals surface area contributed by atoms with Crippen molar-refractivity contribution in [2.24, 2.45) is 17.0 Å². The van der Waals surface area contributed by atoms with Crippen LogP contribution < -0.4 is 5.14 Å². The standard InChI is InChI=1S/C18H21FN4O3S/c19-14-3-1-12(2-4-14)16-7-13-5-6-22(10-17(13)16)18(24)11-23-9-15(8-21-23)27(20,25)26/h1-4,8-9,13,16-17H,5-7,10-11H2,(H2,20,25,26)/t13-,16+,17-/m1/s1. The molecule has 1 aliphatic carbocycles. The molecular formula is C18H21FN4O3S. The van der Waals surface area contributed by atoms with E-state index in [9.17, 15) is 17.6 Å². The maximum absolute atomic E-state index is 13.1. The molecule has 2 aromatic rings. The fourth-order valence-corrected chi connectivity index (χ4v) is 4.68. The van der Waals surface area contributed by atoms with Gasteiger partial charge in [-0.2, -0.15) is 5.10 Å². The number of rotatable bonds is 4. The molecule has 2 aliphatic rings. The third-order valence-corrected chi connectivity index (χ3v) is 6.63. The first-order valence-electron chi connectivity index (χ1n) is 8.90. The van der Waals surface area contributed by atoms with Crippen molar-refractivity contribution < 1.29 is 17.6 Å². The van der Waals surface area contributed by atoms with E-state index < -0.39 is 10.0 Å². The Bertz CT molecular complexity index is 957. The average Bonchev–Trinajstić information content (AvgIpc) is 3.06. The third kappa shape index (κ3) is 3.61. The third-order valence-electron chi connectivity index (χ3n) is 5.77. The molecule has 0 spiro atoms. The van der Waals surface area contributed by atoms with Gasteiger partial charge in [-0.1, -0.05) is 12.1 Å². The molecule has 9 heteroatoms. The second-order valence-electron chi connectivity index (χ2n) is 7.36. The van der Waals surface area contributed by atoms with Crippen LogP contribution in [-0.2, 0) is 21.4 Å². The Morgan fingerprint density at radius 3 is 2.70 bits per heavy atom. The number of fused-ring (bicyclic) bond motifs is 1. The van der Waals surface area contributed by atoms with E-state index in [0.717, 1.165) is 24.6 Å². The van der Waals surface area contributed by atoms with Crippen molar-refractivity contribution in [3.63, 3.8) is 0 Å². The molecule has 144 valence electrons. The van der Waals surface area contributed by atoms with Crippen molar-refractivity contribution >= 4 is 15.9 Å². The molecule has 1 saturated carbocycles. The van der Waals surface area contributed by atoms with E-state index in [-0.39, 0.29) is 23.2 Å². The molecule has 2 fully saturated rings. The van der Waals surface area contributed by atoms with Crippen molar-refractivity contribution in [2.75, 3.05) is 13.1 Å². The summed E-state index contributed by atoms with van der Waals surface area (Å²) in [5.41, 5.74) is 1.12. The van der Waals surface area contributed by atoms with Gasteiger partial charge in [0.15, 0.2) is 0 Å². The van der Waals surface area contributed by atoms with Crippen LogP contribution in [0, 0.1) is 17.7 Å². The highest BCUT2D eigenvalue weighted by Gasteiger charge is 2.45. The molecular weight excluding hydrogens is 371 g/mol. The molecule has 1 aromatic carbocycles. The monoisotopic (exact) mass is 392 g/mol. The molecule has 4 rings (SSSR count). The van der Waals surface area contributed by atoms with Crippen LogP contribution >= 0.6 is 0 Å². The van der Waals surface area contributed by atoms with Crippen molar-refractivity contribution in [2.45, 2.75) is 30.2 Å². The zero-order chi connectivity index (χ0) is 19.2. The molecule has 0 unspecified atom stereocenters. The first kappa shape index (κ1) is 18.1. The van der Waals surface area contributed by atoms with Crippen molar-refractivity contribution in [1.29, 1.82) is 0 Å². The summed E-state index contributed by atoms with van der Waals surface area (Å²) in [4.78, 5) is 14.3. The largest absolute Gasteiger partial charge is 0.341 e. The molecule has 7 nitrogen and oxygen atoms in total. The van der Waals surface area contributed by atoms with Gasteiger partial charge in [-0.25, -0.2) is 17.9 Å². The normalized spacial score (nSPS) is 25.0. The number of sulfonamides is 1. The predicted molar refractivity (Wildman–Crippen MR) is 95.5 cm³/mol. The summed E-state index contributed by atoms with van der Waals surface area (Å²) in [6, 6.07) is 6.62. The maximum atomic E-state index is 13.1. The van der Waals surface area contributed by atoms with E-state index >= 15 is 0 Å². The molecule has 27 heavy (non-hydrogen) atoms. The molecule has 3 atom stereocenters. The number of benzene rings is 1. The SMILES string of the molecule is NS(=O)(=O)c1cnn(CC(=O)N2CC[C@@H]3C[C@@H](c4ccc(F)cc4)[C@@H]3C2)c1. The fraction of sp³-hybridized carbons (Fsp3) is 0.444. The Hall–Kier alpha value is -2.26. The van der Waals surface area contributed by atoms with Gasteiger partial charge in [-0.3, -0.25) is 9.48 Å². The molecule has 2 heterocycles. The summed E-state index contributed by atoms with van der Waals surface area (Å²) in [5, 5.41) is 8.98. The van der Waals surface area contributed by atoms with Gasteiger partial charge in [0.05, 0.1) is 6.20 Å². The molecule has 1 saturated heterocycles. The summed E-state index contributed by atoms with van der Waals surface area (Å²) in [6.45, 7) is 1.34. The Morgan fingerprint density at radius 2 is 2.04 bits per heavy atom.